The van der Waals surface area contributed by atoms with E-state index in [2.05, 4.69) is 35.1 Å². The number of benzene rings is 1. The first-order valence-electron chi connectivity index (χ1n) is 7.76. The third-order valence-electron chi connectivity index (χ3n) is 3.90. The van der Waals surface area contributed by atoms with Crippen LogP contribution in [0.4, 0.5) is 0 Å². The topological polar surface area (TPSA) is 32.3 Å². The van der Waals surface area contributed by atoms with Gasteiger partial charge in [0.1, 0.15) is 0 Å². The molecule has 1 aromatic carbocycles. The van der Waals surface area contributed by atoms with E-state index in [9.17, 15) is 4.79 Å². The molecule has 1 saturated heterocycles. The first kappa shape index (κ1) is 16.5. The van der Waals surface area contributed by atoms with Gasteiger partial charge in [0.2, 0.25) is 0 Å². The molecule has 2 rings (SSSR count). The molecule has 1 aliphatic rings. The van der Waals surface area contributed by atoms with Crippen LogP contribution in [0.3, 0.4) is 0 Å². The highest BCUT2D eigenvalue weighted by Crippen LogP contribution is 2.23. The highest BCUT2D eigenvalue weighted by Gasteiger charge is 2.24. The summed E-state index contributed by atoms with van der Waals surface area (Å²) < 4.78 is 0.920. The summed E-state index contributed by atoms with van der Waals surface area (Å²) >= 11 is 3.56. The number of carbonyl (C=O) groups is 1. The lowest BCUT2D eigenvalue weighted by atomic mass is 10.1. The third kappa shape index (κ3) is 4.30. The molecule has 116 valence electrons. The second-order valence-corrected chi connectivity index (χ2v) is 7.13. The van der Waals surface area contributed by atoms with Crippen LogP contribution in [-0.4, -0.2) is 36.5 Å². The minimum absolute atomic E-state index is 0.132. The van der Waals surface area contributed by atoms with E-state index in [0.29, 0.717) is 12.0 Å². The van der Waals surface area contributed by atoms with Gasteiger partial charge in [-0.1, -0.05) is 26.0 Å². The maximum absolute atomic E-state index is 12.9. The van der Waals surface area contributed by atoms with Crippen molar-refractivity contribution in [2.24, 2.45) is 5.92 Å². The minimum Gasteiger partial charge on any atom is -0.337 e. The van der Waals surface area contributed by atoms with Crippen molar-refractivity contribution in [3.8, 4) is 0 Å². The summed E-state index contributed by atoms with van der Waals surface area (Å²) in [5.74, 6) is 0.604. The van der Waals surface area contributed by atoms with Gasteiger partial charge in [0.15, 0.2) is 0 Å². The first-order chi connectivity index (χ1) is 9.99. The predicted molar refractivity (Wildman–Crippen MR) is 90.6 cm³/mol. The molecule has 1 fully saturated rings. The Morgan fingerprint density at radius 1 is 1.48 bits per heavy atom. The highest BCUT2D eigenvalue weighted by atomic mass is 79.9. The zero-order chi connectivity index (χ0) is 15.4. The Morgan fingerprint density at radius 2 is 2.24 bits per heavy atom. The van der Waals surface area contributed by atoms with Crippen molar-refractivity contribution in [3.05, 3.63) is 33.8 Å². The lowest BCUT2D eigenvalue weighted by Crippen LogP contribution is -2.43. The van der Waals surface area contributed by atoms with Crippen LogP contribution in [0.5, 0.6) is 0 Å². The second kappa shape index (κ2) is 7.41. The zero-order valence-corrected chi connectivity index (χ0v) is 14.7. The number of amides is 1. The van der Waals surface area contributed by atoms with Gasteiger partial charge in [-0.05, 0) is 59.8 Å². The molecule has 21 heavy (non-hydrogen) atoms. The lowest BCUT2D eigenvalue weighted by molar-refractivity contribution is 0.0720. The van der Waals surface area contributed by atoms with Gasteiger partial charge in [-0.25, -0.2) is 0 Å². The predicted octanol–water partition coefficient (Wildman–Crippen LogP) is 3.61. The molecule has 3 nitrogen and oxygen atoms in total. The zero-order valence-electron chi connectivity index (χ0n) is 13.2. The number of nitrogens with one attached hydrogen (secondary N) is 1. The molecule has 1 heterocycles. The molecule has 0 aliphatic carbocycles. The summed E-state index contributed by atoms with van der Waals surface area (Å²) in [4.78, 5) is 14.9. The Bertz CT molecular complexity index is 496. The molecule has 1 amide bonds. The van der Waals surface area contributed by atoms with Crippen LogP contribution in [0.2, 0.25) is 0 Å². The van der Waals surface area contributed by atoms with E-state index in [1.807, 2.05) is 30.0 Å². The number of hydrogen-bond acceptors (Lipinski definition) is 2. The van der Waals surface area contributed by atoms with E-state index >= 15 is 0 Å². The fraction of sp³-hybridized carbons (Fsp3) is 0.588. The van der Waals surface area contributed by atoms with Gasteiger partial charge in [-0.15, -0.1) is 0 Å². The van der Waals surface area contributed by atoms with Crippen LogP contribution in [0.15, 0.2) is 22.7 Å². The Kier molecular flexibility index (Phi) is 5.82. The second-order valence-electron chi connectivity index (χ2n) is 6.33. The van der Waals surface area contributed by atoms with E-state index in [1.54, 1.807) is 0 Å². The summed E-state index contributed by atoms with van der Waals surface area (Å²) in [7, 11) is 0. The van der Waals surface area contributed by atoms with Gasteiger partial charge < -0.3 is 10.2 Å². The lowest BCUT2D eigenvalue weighted by Gasteiger charge is -2.28. The summed E-state index contributed by atoms with van der Waals surface area (Å²) in [6.45, 7) is 9.02. The summed E-state index contributed by atoms with van der Waals surface area (Å²) in [5, 5.41) is 3.49. The number of aryl methyl sites for hydroxylation is 1. The minimum atomic E-state index is 0.132. The third-order valence-corrected chi connectivity index (χ3v) is 4.95. The smallest absolute Gasteiger partial charge is 0.255 e. The Morgan fingerprint density at radius 3 is 2.86 bits per heavy atom. The summed E-state index contributed by atoms with van der Waals surface area (Å²) in [5.41, 5.74) is 1.87. The number of carbonyl (C=O) groups excluding carboxylic acids is 1. The average molecular weight is 353 g/mol. The van der Waals surface area contributed by atoms with Crippen LogP contribution in [-0.2, 0) is 0 Å². The number of rotatable bonds is 5. The highest BCUT2D eigenvalue weighted by molar-refractivity contribution is 9.10. The Balaban J connectivity index is 2.18. The van der Waals surface area contributed by atoms with Crippen molar-refractivity contribution < 1.29 is 4.79 Å². The van der Waals surface area contributed by atoms with Gasteiger partial charge in [-0.3, -0.25) is 4.79 Å². The van der Waals surface area contributed by atoms with Crippen LogP contribution in [0, 0.1) is 12.8 Å². The van der Waals surface area contributed by atoms with Gasteiger partial charge in [0, 0.05) is 23.6 Å². The van der Waals surface area contributed by atoms with E-state index in [4.69, 9.17) is 0 Å². The Hall–Kier alpha value is -0.870. The number of nitrogens with zero attached hydrogens (tertiary/aromatic N) is 1. The largest absolute Gasteiger partial charge is 0.337 e. The molecule has 0 bridgehead atoms. The van der Waals surface area contributed by atoms with Gasteiger partial charge >= 0.3 is 0 Å². The van der Waals surface area contributed by atoms with Gasteiger partial charge in [0.05, 0.1) is 5.56 Å². The molecule has 1 unspecified atom stereocenters. The maximum atomic E-state index is 12.9. The van der Waals surface area contributed by atoms with E-state index in [1.165, 1.54) is 6.42 Å². The number of hydrogen-bond donors (Lipinski definition) is 1. The van der Waals surface area contributed by atoms with Crippen molar-refractivity contribution in [2.75, 3.05) is 19.6 Å². The van der Waals surface area contributed by atoms with Crippen LogP contribution >= 0.6 is 15.9 Å². The summed E-state index contributed by atoms with van der Waals surface area (Å²) in [6, 6.07) is 6.33. The molecule has 0 saturated carbocycles. The number of halogens is 1. The van der Waals surface area contributed by atoms with Crippen molar-refractivity contribution in [3.63, 3.8) is 0 Å². The van der Waals surface area contributed by atoms with Gasteiger partial charge in [-0.2, -0.15) is 0 Å². The quantitative estimate of drug-likeness (QED) is 0.877. The van der Waals surface area contributed by atoms with Crippen molar-refractivity contribution in [1.82, 2.24) is 10.2 Å². The summed E-state index contributed by atoms with van der Waals surface area (Å²) in [6.07, 6.45) is 2.37. The van der Waals surface area contributed by atoms with Crippen LogP contribution < -0.4 is 5.32 Å². The van der Waals surface area contributed by atoms with Crippen LogP contribution in [0.25, 0.3) is 0 Å². The molecular formula is C17H25BrN2O. The normalized spacial score (nSPS) is 18.2. The fourth-order valence-corrected chi connectivity index (χ4v) is 3.28. The van der Waals surface area contributed by atoms with Crippen molar-refractivity contribution in [2.45, 2.75) is 39.7 Å². The molecule has 1 atom stereocenters. The SMILES string of the molecule is Cc1cccc(C(=O)N(CC(C)C)CC2CCCN2)c1Br. The van der Waals surface area contributed by atoms with Gasteiger partial charge in [0.25, 0.3) is 5.91 Å². The van der Waals surface area contributed by atoms with Crippen molar-refractivity contribution >= 4 is 21.8 Å². The van der Waals surface area contributed by atoms with E-state index in [-0.39, 0.29) is 5.91 Å². The molecular weight excluding hydrogens is 328 g/mol. The molecule has 0 spiro atoms. The molecule has 1 aromatic rings. The average Bonchev–Trinajstić information content (AvgIpc) is 2.93. The molecule has 1 N–H and O–H groups in total. The Labute approximate surface area is 136 Å². The monoisotopic (exact) mass is 352 g/mol. The van der Waals surface area contributed by atoms with E-state index < -0.39 is 0 Å². The molecule has 0 aromatic heterocycles. The first-order valence-corrected chi connectivity index (χ1v) is 8.56. The van der Waals surface area contributed by atoms with Crippen molar-refractivity contribution in [1.29, 1.82) is 0 Å². The molecule has 1 aliphatic heterocycles. The molecule has 4 heteroatoms. The fourth-order valence-electron chi connectivity index (χ4n) is 2.84. The standard InChI is InChI=1S/C17H25BrN2O/c1-12(2)10-20(11-14-7-5-9-19-14)17(21)15-8-4-6-13(3)16(15)18/h4,6,8,12,14,19H,5,7,9-11H2,1-3H3. The molecule has 0 radical (unpaired) electrons. The maximum Gasteiger partial charge on any atom is 0.255 e. The van der Waals surface area contributed by atoms with Crippen LogP contribution in [0.1, 0.15) is 42.6 Å². The van der Waals surface area contributed by atoms with E-state index in [0.717, 1.165) is 41.7 Å².